The van der Waals surface area contributed by atoms with Crippen molar-refractivity contribution in [1.82, 2.24) is 4.98 Å². The number of rotatable bonds is 3. The number of nitro groups is 1. The normalized spacial score (nSPS) is 10.1. The first-order chi connectivity index (χ1) is 9.47. The van der Waals surface area contributed by atoms with Crippen molar-refractivity contribution in [2.75, 3.05) is 11.1 Å². The minimum atomic E-state index is -0.822. The summed E-state index contributed by atoms with van der Waals surface area (Å²) >= 11 is 0. The van der Waals surface area contributed by atoms with Crippen LogP contribution >= 0.6 is 0 Å². The maximum atomic E-state index is 13.2. The second-order valence-electron chi connectivity index (χ2n) is 3.87. The number of halogens is 1. The van der Waals surface area contributed by atoms with Crippen molar-refractivity contribution in [2.24, 2.45) is 0 Å². The number of carbonyl (C=O) groups is 1. The van der Waals surface area contributed by atoms with Crippen molar-refractivity contribution < 1.29 is 14.1 Å². The minimum Gasteiger partial charge on any atom is -0.397 e. The summed E-state index contributed by atoms with van der Waals surface area (Å²) in [5.74, 6) is -1.43. The third-order valence-corrected chi connectivity index (χ3v) is 2.45. The fraction of sp³-hybridized carbons (Fsp3) is 0. The highest BCUT2D eigenvalue weighted by molar-refractivity contribution is 6.07. The lowest BCUT2D eigenvalue weighted by atomic mass is 10.2. The molecule has 1 amide bonds. The summed E-state index contributed by atoms with van der Waals surface area (Å²) in [6.07, 6.45) is 2.67. The number of amides is 1. The van der Waals surface area contributed by atoms with E-state index in [-0.39, 0.29) is 16.9 Å². The first kappa shape index (κ1) is 13.4. The number of hydrogen-bond acceptors (Lipinski definition) is 5. The Morgan fingerprint density at radius 2 is 2.15 bits per heavy atom. The van der Waals surface area contributed by atoms with Gasteiger partial charge in [-0.25, -0.2) is 4.39 Å². The van der Waals surface area contributed by atoms with Crippen LogP contribution in [0.5, 0.6) is 0 Å². The lowest BCUT2D eigenvalue weighted by Crippen LogP contribution is -2.14. The van der Waals surface area contributed by atoms with Crippen LogP contribution in [0.3, 0.4) is 0 Å². The van der Waals surface area contributed by atoms with Gasteiger partial charge >= 0.3 is 0 Å². The Balaban J connectivity index is 2.28. The number of nitrogens with zero attached hydrogens (tertiary/aromatic N) is 2. The molecule has 7 nitrogen and oxygen atoms in total. The number of non-ortho nitro benzene ring substituents is 1. The Morgan fingerprint density at radius 3 is 2.80 bits per heavy atom. The molecule has 20 heavy (non-hydrogen) atoms. The second kappa shape index (κ2) is 5.31. The number of nitrogens with one attached hydrogen (secondary N) is 1. The number of nitro benzene ring substituents is 1. The molecule has 0 spiro atoms. The van der Waals surface area contributed by atoms with Crippen molar-refractivity contribution >= 4 is 23.0 Å². The highest BCUT2D eigenvalue weighted by atomic mass is 19.1. The summed E-state index contributed by atoms with van der Waals surface area (Å²) < 4.78 is 13.2. The van der Waals surface area contributed by atoms with Crippen LogP contribution in [-0.4, -0.2) is 15.8 Å². The van der Waals surface area contributed by atoms with E-state index in [1.165, 1.54) is 18.5 Å². The Kier molecular flexibility index (Phi) is 3.56. The SMILES string of the molecule is Nc1cnccc1C(=O)Nc1cc(F)cc([N+](=O)[O-])c1. The zero-order chi connectivity index (χ0) is 14.7. The molecule has 0 aliphatic carbocycles. The molecule has 0 bridgehead atoms. The standard InChI is InChI=1S/C12H9FN4O3/c13-7-3-8(5-9(4-7)17(19)20)16-12(18)10-1-2-15-6-11(10)14/h1-6H,14H2,(H,16,18). The molecule has 1 aromatic heterocycles. The van der Waals surface area contributed by atoms with E-state index in [1.54, 1.807) is 0 Å². The summed E-state index contributed by atoms with van der Waals surface area (Å²) in [5, 5.41) is 13.0. The predicted octanol–water partition coefficient (Wildman–Crippen LogP) is 1.96. The molecule has 0 atom stereocenters. The number of benzene rings is 1. The molecule has 0 saturated carbocycles. The molecule has 0 aliphatic heterocycles. The largest absolute Gasteiger partial charge is 0.397 e. The van der Waals surface area contributed by atoms with Crippen LogP contribution in [0.2, 0.25) is 0 Å². The van der Waals surface area contributed by atoms with Crippen molar-refractivity contribution in [3.63, 3.8) is 0 Å². The van der Waals surface area contributed by atoms with Crippen LogP contribution < -0.4 is 11.1 Å². The predicted molar refractivity (Wildman–Crippen MR) is 69.7 cm³/mol. The van der Waals surface area contributed by atoms with Gasteiger partial charge in [0.2, 0.25) is 0 Å². The van der Waals surface area contributed by atoms with E-state index in [4.69, 9.17) is 5.73 Å². The topological polar surface area (TPSA) is 111 Å². The van der Waals surface area contributed by atoms with Crippen LogP contribution in [0.1, 0.15) is 10.4 Å². The van der Waals surface area contributed by atoms with Gasteiger partial charge in [0, 0.05) is 12.3 Å². The molecule has 1 heterocycles. The van der Waals surface area contributed by atoms with Gasteiger partial charge in [0.25, 0.3) is 11.6 Å². The highest BCUT2D eigenvalue weighted by Crippen LogP contribution is 2.21. The molecule has 0 saturated heterocycles. The van der Waals surface area contributed by atoms with E-state index in [1.807, 2.05) is 0 Å². The molecular weight excluding hydrogens is 267 g/mol. The van der Waals surface area contributed by atoms with E-state index < -0.39 is 22.3 Å². The summed E-state index contributed by atoms with van der Waals surface area (Å²) in [4.78, 5) is 25.5. The number of anilines is 2. The van der Waals surface area contributed by atoms with Crippen LogP contribution in [0, 0.1) is 15.9 Å². The first-order valence-corrected chi connectivity index (χ1v) is 5.43. The van der Waals surface area contributed by atoms with E-state index >= 15 is 0 Å². The van der Waals surface area contributed by atoms with Gasteiger partial charge in [-0.2, -0.15) is 0 Å². The Labute approximate surface area is 112 Å². The smallest absolute Gasteiger partial charge is 0.274 e. The fourth-order valence-electron chi connectivity index (χ4n) is 1.56. The van der Waals surface area contributed by atoms with E-state index in [9.17, 15) is 19.3 Å². The molecule has 0 fully saturated rings. The van der Waals surface area contributed by atoms with Gasteiger partial charge in [0.05, 0.1) is 34.1 Å². The number of hydrogen-bond donors (Lipinski definition) is 2. The molecule has 8 heteroatoms. The average Bonchev–Trinajstić information content (AvgIpc) is 2.38. The molecule has 0 radical (unpaired) electrons. The third kappa shape index (κ3) is 2.86. The van der Waals surface area contributed by atoms with Crippen molar-refractivity contribution in [1.29, 1.82) is 0 Å². The maximum absolute atomic E-state index is 13.2. The van der Waals surface area contributed by atoms with E-state index in [2.05, 4.69) is 10.3 Å². The van der Waals surface area contributed by atoms with Gasteiger partial charge in [-0.05, 0) is 12.1 Å². The molecule has 102 valence electrons. The lowest BCUT2D eigenvalue weighted by molar-refractivity contribution is -0.385. The van der Waals surface area contributed by atoms with Crippen LogP contribution in [0.4, 0.5) is 21.5 Å². The molecular formula is C12H9FN4O3. The van der Waals surface area contributed by atoms with Crippen LogP contribution in [0.25, 0.3) is 0 Å². The van der Waals surface area contributed by atoms with Crippen molar-refractivity contribution in [3.05, 3.63) is 58.2 Å². The third-order valence-electron chi connectivity index (χ3n) is 2.45. The van der Waals surface area contributed by atoms with Gasteiger partial charge < -0.3 is 11.1 Å². The van der Waals surface area contributed by atoms with E-state index in [0.29, 0.717) is 0 Å². The Hall–Kier alpha value is -3.03. The van der Waals surface area contributed by atoms with Gasteiger partial charge in [-0.3, -0.25) is 19.9 Å². The first-order valence-electron chi connectivity index (χ1n) is 5.43. The van der Waals surface area contributed by atoms with Crippen LogP contribution in [0.15, 0.2) is 36.7 Å². The number of nitrogens with two attached hydrogens (primary N) is 1. The molecule has 1 aromatic carbocycles. The van der Waals surface area contributed by atoms with Gasteiger partial charge in [-0.15, -0.1) is 0 Å². The fourth-order valence-corrected chi connectivity index (χ4v) is 1.56. The highest BCUT2D eigenvalue weighted by Gasteiger charge is 2.14. The quantitative estimate of drug-likeness (QED) is 0.657. The summed E-state index contributed by atoms with van der Waals surface area (Å²) in [6, 6.07) is 4.18. The summed E-state index contributed by atoms with van der Waals surface area (Å²) in [7, 11) is 0. The zero-order valence-electron chi connectivity index (χ0n) is 10.0. The van der Waals surface area contributed by atoms with Gasteiger partial charge in [-0.1, -0.05) is 0 Å². The number of nitrogen functional groups attached to an aromatic ring is 1. The maximum Gasteiger partial charge on any atom is 0.274 e. The lowest BCUT2D eigenvalue weighted by Gasteiger charge is -2.07. The average molecular weight is 276 g/mol. The van der Waals surface area contributed by atoms with Gasteiger partial charge in [0.15, 0.2) is 0 Å². The second-order valence-corrected chi connectivity index (χ2v) is 3.87. The molecule has 3 N–H and O–H groups in total. The number of aromatic nitrogens is 1. The summed E-state index contributed by atoms with van der Waals surface area (Å²) in [6.45, 7) is 0. The number of carbonyl (C=O) groups excluding carboxylic acids is 1. The monoisotopic (exact) mass is 276 g/mol. The van der Waals surface area contributed by atoms with Gasteiger partial charge in [0.1, 0.15) is 5.82 Å². The minimum absolute atomic E-state index is 0.0297. The number of pyridine rings is 1. The van der Waals surface area contributed by atoms with Crippen molar-refractivity contribution in [2.45, 2.75) is 0 Å². The molecule has 2 aromatic rings. The summed E-state index contributed by atoms with van der Waals surface area (Å²) in [5.41, 5.74) is 5.39. The van der Waals surface area contributed by atoms with E-state index in [0.717, 1.165) is 18.2 Å². The molecule has 0 unspecified atom stereocenters. The molecule has 2 rings (SSSR count). The van der Waals surface area contributed by atoms with Crippen LogP contribution in [-0.2, 0) is 0 Å². The Bertz CT molecular complexity index is 690. The molecule has 0 aliphatic rings. The Morgan fingerprint density at radius 1 is 1.40 bits per heavy atom. The zero-order valence-corrected chi connectivity index (χ0v) is 10.0. The van der Waals surface area contributed by atoms with Crippen molar-refractivity contribution in [3.8, 4) is 0 Å².